The van der Waals surface area contributed by atoms with Crippen molar-refractivity contribution in [2.45, 2.75) is 17.7 Å². The molecule has 70 valence electrons. The number of carboxylic acid groups (broad SMARTS) is 1. The maximum Gasteiger partial charge on any atom is 0.310 e. The van der Waals surface area contributed by atoms with Gasteiger partial charge in [-0.2, -0.15) is 0 Å². The van der Waals surface area contributed by atoms with Crippen molar-refractivity contribution in [3.63, 3.8) is 0 Å². The van der Waals surface area contributed by atoms with E-state index in [2.05, 4.69) is 35.2 Å². The number of rotatable bonds is 2. The first-order chi connectivity index (χ1) is 6.02. The summed E-state index contributed by atoms with van der Waals surface area (Å²) < 4.78 is 0.963. The van der Waals surface area contributed by atoms with Crippen molar-refractivity contribution in [3.05, 3.63) is 27.3 Å². The molecule has 0 bridgehead atoms. The van der Waals surface area contributed by atoms with Gasteiger partial charge in [0, 0.05) is 8.47 Å². The highest BCUT2D eigenvalue weighted by molar-refractivity contribution is 14.1. The predicted octanol–water partition coefficient (Wildman–Crippen LogP) is 2.77. The molecule has 0 heterocycles. The van der Waals surface area contributed by atoms with Crippen LogP contribution >= 0.6 is 35.2 Å². The molecule has 0 saturated carbocycles. The van der Waals surface area contributed by atoms with Crippen LogP contribution in [0.2, 0.25) is 0 Å². The minimum Gasteiger partial charge on any atom is -0.481 e. The zero-order chi connectivity index (χ0) is 10.0. The molecule has 1 aromatic rings. The van der Waals surface area contributed by atoms with Gasteiger partial charge in [-0.1, -0.05) is 0 Å². The second-order valence-electron chi connectivity index (χ2n) is 2.77. The monoisotopic (exact) mass is 308 g/mol. The molecular weight excluding hydrogens is 299 g/mol. The van der Waals surface area contributed by atoms with Crippen molar-refractivity contribution in [2.75, 3.05) is 0 Å². The van der Waals surface area contributed by atoms with Crippen LogP contribution in [0.3, 0.4) is 0 Å². The van der Waals surface area contributed by atoms with Crippen LogP contribution in [0.25, 0.3) is 0 Å². The van der Waals surface area contributed by atoms with Crippen molar-refractivity contribution in [1.82, 2.24) is 0 Å². The highest BCUT2D eigenvalue weighted by Gasteiger charge is 2.16. The fourth-order valence-corrected chi connectivity index (χ4v) is 2.01. The number of carboxylic acids is 1. The van der Waals surface area contributed by atoms with Gasteiger partial charge in [-0.25, -0.2) is 0 Å². The molecule has 0 aliphatic carbocycles. The van der Waals surface area contributed by atoms with E-state index in [1.165, 1.54) is 0 Å². The first-order valence-electron chi connectivity index (χ1n) is 3.73. The molecule has 1 rings (SSSR count). The molecule has 2 nitrogen and oxygen atoms in total. The number of hydrogen-bond acceptors (Lipinski definition) is 2. The summed E-state index contributed by atoms with van der Waals surface area (Å²) in [4.78, 5) is 11.5. The van der Waals surface area contributed by atoms with E-state index in [4.69, 9.17) is 5.11 Å². The minimum absolute atomic E-state index is 0.473. The van der Waals surface area contributed by atoms with Crippen LogP contribution in [0.5, 0.6) is 0 Å². The quantitative estimate of drug-likeness (QED) is 0.651. The number of halogens is 1. The normalized spacial score (nSPS) is 12.5. The van der Waals surface area contributed by atoms with Gasteiger partial charge >= 0.3 is 5.97 Å². The molecule has 0 aromatic heterocycles. The molecule has 0 aliphatic rings. The summed E-state index contributed by atoms with van der Waals surface area (Å²) in [6.07, 6.45) is 0. The number of carbonyl (C=O) groups is 1. The Morgan fingerprint density at radius 2 is 2.23 bits per heavy atom. The van der Waals surface area contributed by atoms with Crippen molar-refractivity contribution in [1.29, 1.82) is 0 Å². The summed E-state index contributed by atoms with van der Waals surface area (Å²) >= 11 is 6.30. The van der Waals surface area contributed by atoms with Gasteiger partial charge < -0.3 is 5.11 Å². The van der Waals surface area contributed by atoms with Gasteiger partial charge in [-0.15, -0.1) is 12.6 Å². The van der Waals surface area contributed by atoms with E-state index in [1.807, 2.05) is 12.1 Å². The van der Waals surface area contributed by atoms with E-state index >= 15 is 0 Å². The lowest BCUT2D eigenvalue weighted by molar-refractivity contribution is -0.138. The minimum atomic E-state index is -0.808. The molecule has 1 atom stereocenters. The van der Waals surface area contributed by atoms with Crippen LogP contribution in [-0.4, -0.2) is 11.1 Å². The number of thiol groups is 1. The van der Waals surface area contributed by atoms with Gasteiger partial charge in [-0.05, 0) is 53.3 Å². The third kappa shape index (κ3) is 2.60. The predicted molar refractivity (Wildman–Crippen MR) is 62.5 cm³/mol. The third-order valence-corrected chi connectivity index (χ3v) is 3.08. The lowest BCUT2D eigenvalue weighted by atomic mass is 10.0. The first-order valence-corrected chi connectivity index (χ1v) is 5.26. The Bertz CT molecular complexity index is 338. The van der Waals surface area contributed by atoms with Crippen molar-refractivity contribution in [2.24, 2.45) is 0 Å². The molecule has 0 aliphatic heterocycles. The average Bonchev–Trinajstić information content (AvgIpc) is 2.08. The fourth-order valence-electron chi connectivity index (χ4n) is 0.996. The summed E-state index contributed by atoms with van der Waals surface area (Å²) in [5.74, 6) is -1.28. The van der Waals surface area contributed by atoms with Crippen LogP contribution in [0, 0.1) is 3.57 Å². The molecule has 1 aromatic carbocycles. The summed E-state index contributed by atoms with van der Waals surface area (Å²) in [6.45, 7) is 1.67. The molecule has 0 saturated heterocycles. The van der Waals surface area contributed by atoms with Crippen molar-refractivity contribution in [3.8, 4) is 0 Å². The molecule has 0 fully saturated rings. The fraction of sp³-hybridized carbons (Fsp3) is 0.222. The van der Waals surface area contributed by atoms with E-state index in [1.54, 1.807) is 13.0 Å². The largest absolute Gasteiger partial charge is 0.481 e. The second-order valence-corrected chi connectivity index (χ2v) is 4.44. The number of hydrogen-bond donors (Lipinski definition) is 2. The highest BCUT2D eigenvalue weighted by Crippen LogP contribution is 2.24. The maximum absolute atomic E-state index is 10.7. The smallest absolute Gasteiger partial charge is 0.310 e. The van der Waals surface area contributed by atoms with E-state index in [0.717, 1.165) is 14.0 Å². The second kappa shape index (κ2) is 4.32. The molecule has 0 spiro atoms. The molecule has 13 heavy (non-hydrogen) atoms. The van der Waals surface area contributed by atoms with E-state index < -0.39 is 11.9 Å². The lowest BCUT2D eigenvalue weighted by Crippen LogP contribution is -2.08. The zero-order valence-electron chi connectivity index (χ0n) is 6.99. The highest BCUT2D eigenvalue weighted by atomic mass is 127. The maximum atomic E-state index is 10.7. The zero-order valence-corrected chi connectivity index (χ0v) is 10.0. The van der Waals surface area contributed by atoms with Crippen LogP contribution in [0.15, 0.2) is 23.1 Å². The van der Waals surface area contributed by atoms with Gasteiger partial charge in [0.05, 0.1) is 5.92 Å². The number of aliphatic carboxylic acids is 1. The Balaban J connectivity index is 3.12. The lowest BCUT2D eigenvalue weighted by Gasteiger charge is -2.09. The Morgan fingerprint density at radius 1 is 1.62 bits per heavy atom. The van der Waals surface area contributed by atoms with Gasteiger partial charge in [0.2, 0.25) is 0 Å². The van der Waals surface area contributed by atoms with Crippen molar-refractivity contribution < 1.29 is 9.90 Å². The molecule has 1 N–H and O–H groups in total. The van der Waals surface area contributed by atoms with E-state index in [-0.39, 0.29) is 0 Å². The van der Waals surface area contributed by atoms with Crippen LogP contribution in [0.4, 0.5) is 0 Å². The summed E-state index contributed by atoms with van der Waals surface area (Å²) in [6, 6.07) is 5.52. The molecule has 1 unspecified atom stereocenters. The van der Waals surface area contributed by atoms with Gasteiger partial charge in [0.1, 0.15) is 0 Å². The van der Waals surface area contributed by atoms with Crippen LogP contribution in [0.1, 0.15) is 18.4 Å². The summed E-state index contributed by atoms with van der Waals surface area (Å²) in [7, 11) is 0. The van der Waals surface area contributed by atoms with Crippen LogP contribution in [-0.2, 0) is 4.79 Å². The van der Waals surface area contributed by atoms with Crippen molar-refractivity contribution >= 4 is 41.2 Å². The van der Waals surface area contributed by atoms with E-state index in [0.29, 0.717) is 0 Å². The van der Waals surface area contributed by atoms with E-state index in [9.17, 15) is 4.79 Å². The molecular formula is C9H9IO2S. The average molecular weight is 308 g/mol. The Labute approximate surface area is 95.9 Å². The summed E-state index contributed by atoms with van der Waals surface area (Å²) in [5, 5.41) is 8.82. The Morgan fingerprint density at radius 3 is 2.77 bits per heavy atom. The summed E-state index contributed by atoms with van der Waals surface area (Å²) in [5.41, 5.74) is 0.820. The third-order valence-electron chi connectivity index (χ3n) is 1.82. The topological polar surface area (TPSA) is 37.3 Å². The van der Waals surface area contributed by atoms with Crippen LogP contribution < -0.4 is 0 Å². The first kappa shape index (κ1) is 10.8. The molecule has 0 amide bonds. The Hall–Kier alpha value is -0.230. The molecule has 0 radical (unpaired) electrons. The van der Waals surface area contributed by atoms with Gasteiger partial charge in [0.25, 0.3) is 0 Å². The van der Waals surface area contributed by atoms with Gasteiger partial charge in [0.15, 0.2) is 0 Å². The number of benzene rings is 1. The van der Waals surface area contributed by atoms with Gasteiger partial charge in [-0.3, -0.25) is 4.79 Å². The standard InChI is InChI=1S/C9H9IO2S/c1-5(9(11)12)7-4-6(13)2-3-8(7)10/h2-5,13H,1H3,(H,11,12). The molecule has 4 heteroatoms. The Kier molecular flexibility index (Phi) is 3.61. The SMILES string of the molecule is CC(C(=O)O)c1cc(S)ccc1I.